The van der Waals surface area contributed by atoms with Gasteiger partial charge >= 0.3 is 0 Å². The summed E-state index contributed by atoms with van der Waals surface area (Å²) in [6.45, 7) is 6.59. The molecule has 1 heterocycles. The van der Waals surface area contributed by atoms with Crippen molar-refractivity contribution in [3.63, 3.8) is 0 Å². The molecule has 0 amide bonds. The van der Waals surface area contributed by atoms with Gasteiger partial charge in [-0.1, -0.05) is 26.0 Å². The van der Waals surface area contributed by atoms with Crippen LogP contribution in [-0.4, -0.2) is 18.2 Å². The topological polar surface area (TPSA) is 32.3 Å². The molecule has 1 fully saturated rings. The van der Waals surface area contributed by atoms with Crippen LogP contribution in [0.15, 0.2) is 24.3 Å². The van der Waals surface area contributed by atoms with Gasteiger partial charge in [-0.15, -0.1) is 0 Å². The van der Waals surface area contributed by atoms with E-state index in [2.05, 4.69) is 25.2 Å². The summed E-state index contributed by atoms with van der Waals surface area (Å²) in [6, 6.07) is 7.61. The van der Waals surface area contributed by atoms with Gasteiger partial charge in [0.15, 0.2) is 0 Å². The Morgan fingerprint density at radius 3 is 2.79 bits per heavy atom. The second-order valence-corrected chi connectivity index (χ2v) is 4.77. The van der Waals surface area contributed by atoms with E-state index in [-0.39, 0.29) is 5.41 Å². The summed E-state index contributed by atoms with van der Waals surface area (Å²) in [5, 5.41) is 12.8. The monoisotopic (exact) mass is 191 g/mol. The zero-order chi connectivity index (χ0) is 10.2. The molecule has 1 atom stereocenters. The van der Waals surface area contributed by atoms with Crippen LogP contribution in [-0.2, 0) is 0 Å². The number of rotatable bonds is 1. The van der Waals surface area contributed by atoms with Crippen LogP contribution in [0.4, 0.5) is 0 Å². The lowest BCUT2D eigenvalue weighted by molar-refractivity contribution is 0.362. The molecule has 2 heteroatoms. The van der Waals surface area contributed by atoms with Crippen LogP contribution < -0.4 is 5.32 Å². The Kier molecular flexibility index (Phi) is 2.23. The van der Waals surface area contributed by atoms with Crippen LogP contribution in [0.2, 0.25) is 0 Å². The Morgan fingerprint density at radius 1 is 1.43 bits per heavy atom. The van der Waals surface area contributed by atoms with Crippen molar-refractivity contribution in [3.05, 3.63) is 29.8 Å². The zero-order valence-electron chi connectivity index (χ0n) is 8.75. The van der Waals surface area contributed by atoms with Crippen molar-refractivity contribution < 1.29 is 5.11 Å². The van der Waals surface area contributed by atoms with Crippen LogP contribution in [0.3, 0.4) is 0 Å². The maximum atomic E-state index is 9.42. The average Bonchev–Trinajstić information content (AvgIpc) is 2.45. The van der Waals surface area contributed by atoms with Crippen LogP contribution in [0.5, 0.6) is 5.75 Å². The largest absolute Gasteiger partial charge is 0.508 e. The van der Waals surface area contributed by atoms with E-state index in [0.717, 1.165) is 13.1 Å². The molecular weight excluding hydrogens is 174 g/mol. The lowest BCUT2D eigenvalue weighted by atomic mass is 9.78. The highest BCUT2D eigenvalue weighted by Crippen LogP contribution is 2.38. The first-order chi connectivity index (χ1) is 6.59. The molecule has 1 saturated heterocycles. The standard InChI is InChI=1S/C12H17NO/c1-12(2)8-13-7-11(12)9-4-3-5-10(14)6-9/h3-6,11,13-14H,7-8H2,1-2H3/t11-/m1/s1. The minimum absolute atomic E-state index is 0.286. The second kappa shape index (κ2) is 3.28. The fraction of sp³-hybridized carbons (Fsp3) is 0.500. The number of hydrogen-bond donors (Lipinski definition) is 2. The Bertz CT molecular complexity index is 333. The Morgan fingerprint density at radius 2 is 2.21 bits per heavy atom. The molecule has 0 bridgehead atoms. The molecule has 1 aliphatic heterocycles. The van der Waals surface area contributed by atoms with Crippen molar-refractivity contribution in [2.45, 2.75) is 19.8 Å². The number of nitrogens with one attached hydrogen (secondary N) is 1. The quantitative estimate of drug-likeness (QED) is 0.712. The minimum atomic E-state index is 0.286. The zero-order valence-corrected chi connectivity index (χ0v) is 8.75. The van der Waals surface area contributed by atoms with E-state index in [1.54, 1.807) is 6.07 Å². The van der Waals surface area contributed by atoms with Gasteiger partial charge < -0.3 is 10.4 Å². The van der Waals surface area contributed by atoms with Crippen molar-refractivity contribution in [3.8, 4) is 5.75 Å². The van der Waals surface area contributed by atoms with Crippen LogP contribution in [0, 0.1) is 5.41 Å². The van der Waals surface area contributed by atoms with Gasteiger partial charge in [0.05, 0.1) is 0 Å². The summed E-state index contributed by atoms with van der Waals surface area (Å²) in [4.78, 5) is 0. The highest BCUT2D eigenvalue weighted by Gasteiger charge is 2.35. The van der Waals surface area contributed by atoms with E-state index in [4.69, 9.17) is 0 Å². The van der Waals surface area contributed by atoms with Crippen LogP contribution >= 0.6 is 0 Å². The van der Waals surface area contributed by atoms with E-state index in [9.17, 15) is 5.11 Å². The molecule has 1 aliphatic rings. The fourth-order valence-corrected chi connectivity index (χ4v) is 2.25. The highest BCUT2D eigenvalue weighted by molar-refractivity contribution is 5.32. The lowest BCUT2D eigenvalue weighted by Gasteiger charge is -2.26. The minimum Gasteiger partial charge on any atom is -0.508 e. The van der Waals surface area contributed by atoms with Crippen molar-refractivity contribution in [2.75, 3.05) is 13.1 Å². The average molecular weight is 191 g/mol. The van der Waals surface area contributed by atoms with Gasteiger partial charge in [-0.25, -0.2) is 0 Å². The number of benzene rings is 1. The van der Waals surface area contributed by atoms with Gasteiger partial charge in [0.1, 0.15) is 5.75 Å². The third-order valence-electron chi connectivity index (χ3n) is 3.14. The summed E-state index contributed by atoms with van der Waals surface area (Å²) < 4.78 is 0. The maximum Gasteiger partial charge on any atom is 0.115 e. The molecule has 1 aromatic carbocycles. The van der Waals surface area contributed by atoms with E-state index in [1.165, 1.54) is 5.56 Å². The molecule has 0 aromatic heterocycles. The summed E-state index contributed by atoms with van der Waals surface area (Å²) in [5.41, 5.74) is 1.52. The predicted octanol–water partition coefficient (Wildman–Crippen LogP) is 2.11. The molecule has 14 heavy (non-hydrogen) atoms. The summed E-state index contributed by atoms with van der Waals surface area (Å²) in [5.74, 6) is 0.875. The van der Waals surface area contributed by atoms with Crippen molar-refractivity contribution in [2.24, 2.45) is 5.41 Å². The van der Waals surface area contributed by atoms with Crippen molar-refractivity contribution >= 4 is 0 Å². The number of phenolic OH excluding ortho intramolecular Hbond substituents is 1. The summed E-state index contributed by atoms with van der Waals surface area (Å²) >= 11 is 0. The first-order valence-corrected chi connectivity index (χ1v) is 5.09. The van der Waals surface area contributed by atoms with E-state index in [1.807, 2.05) is 12.1 Å². The first kappa shape index (κ1) is 9.53. The summed E-state index contributed by atoms with van der Waals surface area (Å²) in [6.07, 6.45) is 0. The highest BCUT2D eigenvalue weighted by atomic mass is 16.3. The van der Waals surface area contributed by atoms with Gasteiger partial charge in [0.2, 0.25) is 0 Å². The molecule has 2 nitrogen and oxygen atoms in total. The van der Waals surface area contributed by atoms with Gasteiger partial charge in [-0.05, 0) is 23.1 Å². The smallest absolute Gasteiger partial charge is 0.115 e. The molecule has 2 rings (SSSR count). The van der Waals surface area contributed by atoms with Gasteiger partial charge in [-0.3, -0.25) is 0 Å². The van der Waals surface area contributed by atoms with E-state index >= 15 is 0 Å². The fourth-order valence-electron chi connectivity index (χ4n) is 2.25. The Balaban J connectivity index is 2.31. The number of aromatic hydroxyl groups is 1. The number of hydrogen-bond acceptors (Lipinski definition) is 2. The third kappa shape index (κ3) is 1.62. The second-order valence-electron chi connectivity index (χ2n) is 4.77. The third-order valence-corrected chi connectivity index (χ3v) is 3.14. The molecule has 1 aromatic rings. The van der Waals surface area contributed by atoms with Crippen LogP contribution in [0.1, 0.15) is 25.3 Å². The molecule has 2 N–H and O–H groups in total. The summed E-state index contributed by atoms with van der Waals surface area (Å²) in [7, 11) is 0. The van der Waals surface area contributed by atoms with Crippen molar-refractivity contribution in [1.82, 2.24) is 5.32 Å². The maximum absolute atomic E-state index is 9.42. The molecule has 76 valence electrons. The molecule has 0 aliphatic carbocycles. The molecule has 0 unspecified atom stereocenters. The normalized spacial score (nSPS) is 25.1. The van der Waals surface area contributed by atoms with Gasteiger partial charge in [-0.2, -0.15) is 0 Å². The van der Waals surface area contributed by atoms with E-state index < -0.39 is 0 Å². The molecule has 0 radical (unpaired) electrons. The molecular formula is C12H17NO. The van der Waals surface area contributed by atoms with Gasteiger partial charge in [0.25, 0.3) is 0 Å². The SMILES string of the molecule is CC1(C)CNC[C@@H]1c1cccc(O)c1. The molecule has 0 spiro atoms. The van der Waals surface area contributed by atoms with Crippen molar-refractivity contribution in [1.29, 1.82) is 0 Å². The Labute approximate surface area is 85.0 Å². The lowest BCUT2D eigenvalue weighted by Crippen LogP contribution is -2.20. The number of phenols is 1. The Hall–Kier alpha value is -1.02. The van der Waals surface area contributed by atoms with Crippen LogP contribution in [0.25, 0.3) is 0 Å². The van der Waals surface area contributed by atoms with Gasteiger partial charge in [0, 0.05) is 19.0 Å². The molecule has 0 saturated carbocycles. The first-order valence-electron chi connectivity index (χ1n) is 5.09. The van der Waals surface area contributed by atoms with E-state index in [0.29, 0.717) is 11.7 Å². The predicted molar refractivity (Wildman–Crippen MR) is 57.5 cm³/mol.